The van der Waals surface area contributed by atoms with Crippen molar-refractivity contribution in [3.8, 4) is 5.75 Å². The van der Waals surface area contributed by atoms with E-state index in [9.17, 15) is 4.79 Å². The molecule has 0 aromatic heterocycles. The molecule has 8 heteroatoms. The van der Waals surface area contributed by atoms with Gasteiger partial charge in [-0.05, 0) is 12.1 Å². The van der Waals surface area contributed by atoms with E-state index in [-0.39, 0.29) is 36.8 Å². The van der Waals surface area contributed by atoms with Crippen molar-refractivity contribution < 1.29 is 14.3 Å². The maximum atomic E-state index is 12.2. The van der Waals surface area contributed by atoms with Gasteiger partial charge in [-0.3, -0.25) is 4.79 Å². The van der Waals surface area contributed by atoms with E-state index in [4.69, 9.17) is 15.2 Å². The summed E-state index contributed by atoms with van der Waals surface area (Å²) < 4.78 is 10.6. The van der Waals surface area contributed by atoms with Crippen molar-refractivity contribution in [1.82, 2.24) is 4.90 Å². The van der Waals surface area contributed by atoms with Crippen LogP contribution >= 0.6 is 24.8 Å². The fraction of sp³-hybridized carbons (Fsp3) is 0.562. The summed E-state index contributed by atoms with van der Waals surface area (Å²) in [6.45, 7) is 3.37. The summed E-state index contributed by atoms with van der Waals surface area (Å²) in [4.78, 5) is 16.4. The molecule has 1 aliphatic rings. The van der Waals surface area contributed by atoms with E-state index in [2.05, 4.69) is 4.90 Å². The number of nitrogens with two attached hydrogens (primary N) is 1. The van der Waals surface area contributed by atoms with Crippen molar-refractivity contribution in [2.45, 2.75) is 12.5 Å². The number of amides is 1. The zero-order valence-corrected chi connectivity index (χ0v) is 15.8. The molecule has 2 rings (SSSR count). The van der Waals surface area contributed by atoms with Gasteiger partial charge in [0.2, 0.25) is 5.91 Å². The van der Waals surface area contributed by atoms with Gasteiger partial charge < -0.3 is 25.0 Å². The maximum absolute atomic E-state index is 12.2. The number of anilines is 1. The number of hydrogen-bond donors (Lipinski definition) is 1. The second-order valence-electron chi connectivity index (χ2n) is 5.34. The first kappa shape index (κ1) is 22.8. The predicted molar refractivity (Wildman–Crippen MR) is 101 cm³/mol. The predicted octanol–water partition coefficient (Wildman–Crippen LogP) is 1.55. The average Bonchev–Trinajstić information content (AvgIpc) is 2.59. The van der Waals surface area contributed by atoms with Crippen molar-refractivity contribution >= 4 is 36.4 Å². The summed E-state index contributed by atoms with van der Waals surface area (Å²) in [6, 6.07) is 7.96. The lowest BCUT2D eigenvalue weighted by atomic mass is 10.2. The quantitative estimate of drug-likeness (QED) is 0.811. The normalized spacial score (nSPS) is 15.1. The molecule has 1 aromatic rings. The van der Waals surface area contributed by atoms with Crippen molar-refractivity contribution in [2.75, 3.05) is 51.8 Å². The number of ether oxygens (including phenoxy) is 2. The molecule has 0 aliphatic carbocycles. The van der Waals surface area contributed by atoms with Gasteiger partial charge in [0, 0.05) is 39.8 Å². The molecule has 24 heavy (non-hydrogen) atoms. The number of carbonyl (C=O) groups excluding carboxylic acids is 1. The van der Waals surface area contributed by atoms with Crippen molar-refractivity contribution in [2.24, 2.45) is 5.73 Å². The van der Waals surface area contributed by atoms with Crippen LogP contribution in [0.2, 0.25) is 0 Å². The molecule has 0 spiro atoms. The molecule has 6 nitrogen and oxygen atoms in total. The van der Waals surface area contributed by atoms with Gasteiger partial charge in [0.25, 0.3) is 0 Å². The van der Waals surface area contributed by atoms with Crippen LogP contribution in [0.15, 0.2) is 24.3 Å². The number of piperazine rings is 1. The third-order valence-corrected chi connectivity index (χ3v) is 4.06. The molecule has 1 aromatic carbocycles. The molecule has 1 aliphatic heterocycles. The van der Waals surface area contributed by atoms with Crippen molar-refractivity contribution in [1.29, 1.82) is 0 Å². The Bertz CT molecular complexity index is 493. The molecule has 0 radical (unpaired) electrons. The van der Waals surface area contributed by atoms with E-state index in [0.717, 1.165) is 24.5 Å². The number of hydrogen-bond acceptors (Lipinski definition) is 5. The van der Waals surface area contributed by atoms with Gasteiger partial charge >= 0.3 is 0 Å². The summed E-state index contributed by atoms with van der Waals surface area (Å²) in [7, 11) is 3.26. The molecule has 1 heterocycles. The third kappa shape index (κ3) is 5.70. The molecular weight excluding hydrogens is 353 g/mol. The van der Waals surface area contributed by atoms with Crippen molar-refractivity contribution in [3.63, 3.8) is 0 Å². The fourth-order valence-corrected chi connectivity index (χ4v) is 2.67. The Morgan fingerprint density at radius 2 is 1.79 bits per heavy atom. The Balaban J connectivity index is 0.00000264. The van der Waals surface area contributed by atoms with Crippen LogP contribution in [0.5, 0.6) is 5.75 Å². The molecule has 1 amide bonds. The van der Waals surface area contributed by atoms with E-state index < -0.39 is 0 Å². The van der Waals surface area contributed by atoms with Crippen molar-refractivity contribution in [3.05, 3.63) is 24.3 Å². The second kappa shape index (κ2) is 11.4. The summed E-state index contributed by atoms with van der Waals surface area (Å²) in [5.74, 6) is 0.974. The highest BCUT2D eigenvalue weighted by Gasteiger charge is 2.24. The highest BCUT2D eigenvalue weighted by atomic mass is 35.5. The van der Waals surface area contributed by atoms with Crippen LogP contribution in [0, 0.1) is 0 Å². The van der Waals surface area contributed by atoms with Crippen LogP contribution in [-0.2, 0) is 9.53 Å². The molecule has 0 saturated carbocycles. The minimum atomic E-state index is -0.195. The van der Waals surface area contributed by atoms with E-state index in [1.807, 2.05) is 29.2 Å². The molecule has 138 valence electrons. The van der Waals surface area contributed by atoms with E-state index in [1.165, 1.54) is 0 Å². The molecule has 1 fully saturated rings. The Kier molecular flexibility index (Phi) is 10.8. The van der Waals surface area contributed by atoms with Gasteiger partial charge in [0.05, 0.1) is 25.3 Å². The number of nitrogens with zero attached hydrogens (tertiary/aromatic N) is 2. The SMILES string of the molecule is COc1ccccc1N1CCN(C(=O)CC(CN)OC)CC1.Cl.Cl. The van der Waals surface area contributed by atoms with Crippen LogP contribution in [0.25, 0.3) is 0 Å². The maximum Gasteiger partial charge on any atom is 0.225 e. The van der Waals surface area contributed by atoms with Crippen LogP contribution in [0.1, 0.15) is 6.42 Å². The van der Waals surface area contributed by atoms with Gasteiger partial charge in [-0.2, -0.15) is 0 Å². The molecule has 1 unspecified atom stereocenters. The average molecular weight is 380 g/mol. The smallest absolute Gasteiger partial charge is 0.225 e. The first-order valence-electron chi connectivity index (χ1n) is 7.58. The van der Waals surface area contributed by atoms with Gasteiger partial charge in [-0.1, -0.05) is 12.1 Å². The summed E-state index contributed by atoms with van der Waals surface area (Å²) in [5.41, 5.74) is 6.65. The first-order chi connectivity index (χ1) is 10.7. The molecular formula is C16H27Cl2N3O3. The topological polar surface area (TPSA) is 68.0 Å². The second-order valence-corrected chi connectivity index (χ2v) is 5.34. The first-order valence-corrected chi connectivity index (χ1v) is 7.58. The van der Waals surface area contributed by atoms with Gasteiger partial charge in [-0.15, -0.1) is 24.8 Å². The Labute approximate surface area is 156 Å². The van der Waals surface area contributed by atoms with Crippen LogP contribution in [0.3, 0.4) is 0 Å². The summed E-state index contributed by atoms with van der Waals surface area (Å²) in [5, 5.41) is 0. The number of para-hydroxylation sites is 2. The molecule has 2 N–H and O–H groups in total. The number of benzene rings is 1. The molecule has 1 saturated heterocycles. The van der Waals surface area contributed by atoms with Gasteiger partial charge in [-0.25, -0.2) is 0 Å². The van der Waals surface area contributed by atoms with Crippen LogP contribution in [0.4, 0.5) is 5.69 Å². The minimum absolute atomic E-state index is 0. The Morgan fingerprint density at radius 3 is 2.33 bits per heavy atom. The van der Waals surface area contributed by atoms with E-state index in [0.29, 0.717) is 26.1 Å². The van der Waals surface area contributed by atoms with E-state index >= 15 is 0 Å². The Morgan fingerprint density at radius 1 is 1.17 bits per heavy atom. The number of rotatable bonds is 6. The van der Waals surface area contributed by atoms with Gasteiger partial charge in [0.1, 0.15) is 5.75 Å². The lowest BCUT2D eigenvalue weighted by Crippen LogP contribution is -2.49. The van der Waals surface area contributed by atoms with Crippen LogP contribution in [-0.4, -0.2) is 63.9 Å². The number of halogens is 2. The zero-order chi connectivity index (χ0) is 15.9. The summed E-state index contributed by atoms with van der Waals surface area (Å²) >= 11 is 0. The lowest BCUT2D eigenvalue weighted by Gasteiger charge is -2.37. The standard InChI is InChI=1S/C16H25N3O3.2ClH/c1-21-13(12-17)11-16(20)19-9-7-18(8-10-19)14-5-3-4-6-15(14)22-2;;/h3-6,13H,7-12,17H2,1-2H3;2*1H. The van der Waals surface area contributed by atoms with Crippen LogP contribution < -0.4 is 15.4 Å². The van der Waals surface area contributed by atoms with Gasteiger partial charge in [0.15, 0.2) is 0 Å². The van der Waals surface area contributed by atoms with E-state index in [1.54, 1.807) is 14.2 Å². The summed E-state index contributed by atoms with van der Waals surface area (Å²) in [6.07, 6.45) is 0.154. The monoisotopic (exact) mass is 379 g/mol. The Hall–Kier alpha value is -1.21. The highest BCUT2D eigenvalue weighted by molar-refractivity contribution is 5.85. The minimum Gasteiger partial charge on any atom is -0.495 e. The number of methoxy groups -OCH3 is 2. The largest absolute Gasteiger partial charge is 0.495 e. The highest BCUT2D eigenvalue weighted by Crippen LogP contribution is 2.28. The fourth-order valence-electron chi connectivity index (χ4n) is 2.67. The molecule has 0 bridgehead atoms. The lowest BCUT2D eigenvalue weighted by molar-refractivity contribution is -0.133. The third-order valence-electron chi connectivity index (χ3n) is 4.06. The molecule has 1 atom stereocenters. The zero-order valence-electron chi connectivity index (χ0n) is 14.1. The number of carbonyl (C=O) groups is 1.